The van der Waals surface area contributed by atoms with E-state index in [0.29, 0.717) is 13.0 Å². The molecule has 0 heterocycles. The lowest BCUT2D eigenvalue weighted by atomic mass is 10.1. The Kier molecular flexibility index (Phi) is 7.53. The van der Waals surface area contributed by atoms with Crippen LogP contribution in [-0.2, 0) is 21.4 Å². The highest BCUT2D eigenvalue weighted by Crippen LogP contribution is 2.19. The second-order valence-electron chi connectivity index (χ2n) is 6.50. The number of aliphatic hydroxyl groups excluding tert-OH is 1. The highest BCUT2D eigenvalue weighted by Gasteiger charge is 2.26. The minimum atomic E-state index is -3.83. The number of hydrogen-bond donors (Lipinski definition) is 2. The molecule has 0 bridgehead atoms. The Hall–Kier alpha value is -2.22. The van der Waals surface area contributed by atoms with Crippen molar-refractivity contribution in [2.75, 3.05) is 19.7 Å². The molecule has 2 rings (SSSR count). The van der Waals surface area contributed by atoms with Crippen LogP contribution in [0.4, 0.5) is 0 Å². The quantitative estimate of drug-likeness (QED) is 0.641. The average molecular weight is 391 g/mol. The first-order chi connectivity index (χ1) is 12.8. The molecule has 1 amide bonds. The third kappa shape index (κ3) is 6.16. The number of aryl methyl sites for hydroxylation is 2. The van der Waals surface area contributed by atoms with E-state index in [2.05, 4.69) is 5.32 Å². The lowest BCUT2D eigenvalue weighted by molar-refractivity contribution is -0.121. The fraction of sp³-hybridized carbons (Fsp3) is 0.350. The highest BCUT2D eigenvalue weighted by atomic mass is 32.2. The van der Waals surface area contributed by atoms with E-state index in [0.717, 1.165) is 16.7 Å². The predicted octanol–water partition coefficient (Wildman–Crippen LogP) is 1.99. The van der Waals surface area contributed by atoms with Gasteiger partial charge in [-0.15, -0.1) is 0 Å². The maximum atomic E-state index is 13.1. The van der Waals surface area contributed by atoms with E-state index in [9.17, 15) is 13.2 Å². The van der Waals surface area contributed by atoms with Crippen molar-refractivity contribution in [3.05, 3.63) is 65.2 Å². The van der Waals surface area contributed by atoms with E-state index >= 15 is 0 Å². The second-order valence-corrected chi connectivity index (χ2v) is 8.44. The van der Waals surface area contributed by atoms with Gasteiger partial charge in [0.05, 0.1) is 11.4 Å². The molecule has 0 fully saturated rings. The zero-order chi connectivity index (χ0) is 19.9. The molecule has 146 valence electrons. The topological polar surface area (TPSA) is 86.7 Å². The first-order valence-electron chi connectivity index (χ1n) is 8.83. The fourth-order valence-electron chi connectivity index (χ4n) is 2.62. The van der Waals surface area contributed by atoms with Gasteiger partial charge < -0.3 is 10.4 Å². The molecule has 0 aliphatic carbocycles. The SMILES string of the molecule is Cc1ccc(S(=O)(=O)N(CC(=O)NCCCO)Cc2cccc(C)c2)cc1. The molecule has 2 aromatic carbocycles. The molecule has 27 heavy (non-hydrogen) atoms. The van der Waals surface area contributed by atoms with Crippen molar-refractivity contribution in [3.63, 3.8) is 0 Å². The summed E-state index contributed by atoms with van der Waals surface area (Å²) in [5, 5.41) is 11.5. The van der Waals surface area contributed by atoms with Gasteiger partial charge in [0.1, 0.15) is 0 Å². The molecule has 0 saturated carbocycles. The average Bonchev–Trinajstić information content (AvgIpc) is 2.62. The monoisotopic (exact) mass is 390 g/mol. The standard InChI is InChI=1S/C20H26N2O4S/c1-16-7-9-19(10-8-16)27(25,26)22(15-20(24)21-11-4-12-23)14-18-6-3-5-17(2)13-18/h3,5-10,13,23H,4,11-12,14-15H2,1-2H3,(H,21,24). The molecule has 0 aromatic heterocycles. The summed E-state index contributed by atoms with van der Waals surface area (Å²) in [6, 6.07) is 14.1. The number of carbonyl (C=O) groups is 1. The number of rotatable bonds is 9. The van der Waals surface area contributed by atoms with Gasteiger partial charge >= 0.3 is 0 Å². The largest absolute Gasteiger partial charge is 0.396 e. The Morgan fingerprint density at radius 1 is 1.07 bits per heavy atom. The summed E-state index contributed by atoms with van der Waals surface area (Å²) in [7, 11) is -3.83. The lowest BCUT2D eigenvalue weighted by Gasteiger charge is -2.22. The number of sulfonamides is 1. The van der Waals surface area contributed by atoms with Crippen molar-refractivity contribution >= 4 is 15.9 Å². The molecule has 2 aromatic rings. The molecule has 7 heteroatoms. The number of amides is 1. The van der Waals surface area contributed by atoms with E-state index < -0.39 is 15.9 Å². The first-order valence-corrected chi connectivity index (χ1v) is 10.3. The van der Waals surface area contributed by atoms with Crippen LogP contribution in [0.1, 0.15) is 23.1 Å². The van der Waals surface area contributed by atoms with E-state index in [-0.39, 0.29) is 24.6 Å². The third-order valence-corrected chi connectivity index (χ3v) is 5.88. The molecule has 0 aliphatic rings. The highest BCUT2D eigenvalue weighted by molar-refractivity contribution is 7.89. The molecular weight excluding hydrogens is 364 g/mol. The summed E-state index contributed by atoms with van der Waals surface area (Å²) in [6.45, 7) is 3.91. The molecule has 0 atom stereocenters. The Labute approximate surface area is 160 Å². The van der Waals surface area contributed by atoms with Gasteiger partial charge in [0.25, 0.3) is 0 Å². The lowest BCUT2D eigenvalue weighted by Crippen LogP contribution is -2.40. The zero-order valence-electron chi connectivity index (χ0n) is 15.7. The maximum absolute atomic E-state index is 13.1. The van der Waals surface area contributed by atoms with Gasteiger partial charge in [-0.25, -0.2) is 8.42 Å². The van der Waals surface area contributed by atoms with Crippen LogP contribution in [0.15, 0.2) is 53.4 Å². The number of aliphatic hydroxyl groups is 1. The molecule has 0 unspecified atom stereocenters. The van der Waals surface area contributed by atoms with Crippen LogP contribution in [-0.4, -0.2) is 43.4 Å². The normalized spacial score (nSPS) is 11.6. The van der Waals surface area contributed by atoms with Crippen molar-refractivity contribution in [2.45, 2.75) is 31.7 Å². The first kappa shape index (κ1) is 21.1. The van der Waals surface area contributed by atoms with Crippen LogP contribution in [0.5, 0.6) is 0 Å². The van der Waals surface area contributed by atoms with E-state index in [1.54, 1.807) is 24.3 Å². The van der Waals surface area contributed by atoms with Gasteiger partial charge in [0.15, 0.2) is 0 Å². The maximum Gasteiger partial charge on any atom is 0.243 e. The number of hydrogen-bond acceptors (Lipinski definition) is 4. The minimum Gasteiger partial charge on any atom is -0.396 e. The van der Waals surface area contributed by atoms with E-state index in [4.69, 9.17) is 5.11 Å². The van der Waals surface area contributed by atoms with Gasteiger partial charge in [-0.2, -0.15) is 4.31 Å². The molecule has 6 nitrogen and oxygen atoms in total. The summed E-state index contributed by atoms with van der Waals surface area (Å²) in [4.78, 5) is 12.4. The predicted molar refractivity (Wildman–Crippen MR) is 105 cm³/mol. The van der Waals surface area contributed by atoms with Crippen molar-refractivity contribution in [1.29, 1.82) is 0 Å². The van der Waals surface area contributed by atoms with Crippen LogP contribution < -0.4 is 5.32 Å². The van der Waals surface area contributed by atoms with E-state index in [1.807, 2.05) is 38.1 Å². The van der Waals surface area contributed by atoms with Crippen molar-refractivity contribution < 1.29 is 18.3 Å². The summed E-state index contributed by atoms with van der Waals surface area (Å²) < 4.78 is 27.4. The molecular formula is C20H26N2O4S. The van der Waals surface area contributed by atoms with E-state index in [1.165, 1.54) is 4.31 Å². The molecule has 2 N–H and O–H groups in total. The Morgan fingerprint density at radius 3 is 2.41 bits per heavy atom. The molecule has 0 aliphatic heterocycles. The van der Waals surface area contributed by atoms with Crippen LogP contribution in [0.2, 0.25) is 0 Å². The van der Waals surface area contributed by atoms with Crippen molar-refractivity contribution in [1.82, 2.24) is 9.62 Å². The zero-order valence-corrected chi connectivity index (χ0v) is 16.5. The van der Waals surface area contributed by atoms with Crippen LogP contribution >= 0.6 is 0 Å². The van der Waals surface area contributed by atoms with Crippen molar-refractivity contribution in [3.8, 4) is 0 Å². The molecule has 0 saturated heterocycles. The summed E-state index contributed by atoms with van der Waals surface area (Å²) in [6.07, 6.45) is 0.425. The molecule has 0 radical (unpaired) electrons. The Morgan fingerprint density at radius 2 is 1.78 bits per heavy atom. The minimum absolute atomic E-state index is 0.0328. The van der Waals surface area contributed by atoms with Crippen LogP contribution in [0.3, 0.4) is 0 Å². The Bertz CT molecular complexity index is 864. The summed E-state index contributed by atoms with van der Waals surface area (Å²) in [5.74, 6) is -0.396. The van der Waals surface area contributed by atoms with Crippen molar-refractivity contribution in [2.24, 2.45) is 0 Å². The van der Waals surface area contributed by atoms with Gasteiger partial charge in [0.2, 0.25) is 15.9 Å². The number of carbonyl (C=O) groups excluding carboxylic acids is 1. The Balaban J connectivity index is 2.27. The van der Waals surface area contributed by atoms with Gasteiger partial charge in [0, 0.05) is 19.7 Å². The fourth-order valence-corrected chi connectivity index (χ4v) is 4.01. The van der Waals surface area contributed by atoms with Gasteiger partial charge in [-0.3, -0.25) is 4.79 Å². The summed E-state index contributed by atoms with van der Waals surface area (Å²) >= 11 is 0. The molecule has 0 spiro atoms. The number of nitrogens with one attached hydrogen (secondary N) is 1. The van der Waals surface area contributed by atoms with Crippen LogP contribution in [0, 0.1) is 13.8 Å². The number of nitrogens with zero attached hydrogens (tertiary/aromatic N) is 1. The summed E-state index contributed by atoms with van der Waals surface area (Å²) in [5.41, 5.74) is 2.79. The smallest absolute Gasteiger partial charge is 0.243 e. The van der Waals surface area contributed by atoms with Gasteiger partial charge in [-0.05, 0) is 38.0 Å². The number of benzene rings is 2. The van der Waals surface area contributed by atoms with Gasteiger partial charge in [-0.1, -0.05) is 47.5 Å². The second kappa shape index (κ2) is 9.64. The van der Waals surface area contributed by atoms with Crippen LogP contribution in [0.25, 0.3) is 0 Å². The third-order valence-electron chi connectivity index (χ3n) is 4.08.